The first kappa shape index (κ1) is 14.2. The molecule has 0 aliphatic heterocycles. The number of aromatic nitrogens is 2. The van der Waals surface area contributed by atoms with Crippen molar-refractivity contribution in [3.63, 3.8) is 0 Å². The van der Waals surface area contributed by atoms with Crippen molar-refractivity contribution in [2.45, 2.75) is 51.8 Å². The molecule has 1 aromatic rings. The Kier molecular flexibility index (Phi) is 4.71. The third-order valence-electron chi connectivity index (χ3n) is 2.71. The second kappa shape index (κ2) is 6.30. The van der Waals surface area contributed by atoms with Gasteiger partial charge in [0.05, 0.1) is 17.9 Å². The molecule has 0 unspecified atom stereocenters. The Balaban J connectivity index is 1.66. The van der Waals surface area contributed by atoms with E-state index in [4.69, 9.17) is 9.47 Å². The minimum absolute atomic E-state index is 0.132. The fourth-order valence-electron chi connectivity index (χ4n) is 1.55. The Morgan fingerprint density at radius 3 is 2.58 bits per heavy atom. The summed E-state index contributed by atoms with van der Waals surface area (Å²) in [6.07, 6.45) is 2.56. The minimum atomic E-state index is -0.132. The first-order valence-corrected chi connectivity index (χ1v) is 6.86. The maximum atomic E-state index is 5.56. The van der Waals surface area contributed by atoms with Gasteiger partial charge in [0.25, 0.3) is 0 Å². The molecular weight excluding hydrogens is 242 g/mol. The number of hydrogen-bond donors (Lipinski definition) is 1. The van der Waals surface area contributed by atoms with E-state index in [1.54, 1.807) is 0 Å². The lowest BCUT2D eigenvalue weighted by Crippen LogP contribution is -2.22. The number of nitrogens with one attached hydrogen (secondary N) is 1. The fraction of sp³-hybridized carbons (Fsp3) is 0.714. The van der Waals surface area contributed by atoms with E-state index >= 15 is 0 Å². The van der Waals surface area contributed by atoms with Crippen molar-refractivity contribution in [2.75, 3.05) is 13.2 Å². The van der Waals surface area contributed by atoms with Gasteiger partial charge in [-0.15, -0.1) is 5.10 Å². The van der Waals surface area contributed by atoms with Gasteiger partial charge in [-0.3, -0.25) is 0 Å². The third kappa shape index (κ3) is 5.98. The highest BCUT2D eigenvalue weighted by Crippen LogP contribution is 2.19. The predicted octanol–water partition coefficient (Wildman–Crippen LogP) is 1.92. The molecule has 1 saturated carbocycles. The fourth-order valence-corrected chi connectivity index (χ4v) is 1.55. The number of rotatable bonds is 7. The first-order chi connectivity index (χ1) is 9.03. The molecule has 1 heterocycles. The van der Waals surface area contributed by atoms with E-state index in [1.807, 2.05) is 32.9 Å². The van der Waals surface area contributed by atoms with Crippen LogP contribution in [0.2, 0.25) is 0 Å². The van der Waals surface area contributed by atoms with Crippen molar-refractivity contribution in [2.24, 2.45) is 0 Å². The summed E-state index contributed by atoms with van der Waals surface area (Å²) in [6.45, 7) is 7.89. The van der Waals surface area contributed by atoms with Crippen LogP contribution in [0.4, 0.5) is 0 Å². The highest BCUT2D eigenvalue weighted by molar-refractivity contribution is 5.11. The molecule has 0 bridgehead atoms. The molecule has 0 radical (unpaired) electrons. The molecule has 19 heavy (non-hydrogen) atoms. The van der Waals surface area contributed by atoms with Gasteiger partial charge in [0.2, 0.25) is 5.88 Å². The van der Waals surface area contributed by atoms with Crippen LogP contribution in [0, 0.1) is 0 Å². The van der Waals surface area contributed by atoms with E-state index in [1.165, 1.54) is 12.8 Å². The van der Waals surface area contributed by atoms with E-state index in [9.17, 15) is 0 Å². The summed E-state index contributed by atoms with van der Waals surface area (Å²) < 4.78 is 11.0. The highest BCUT2D eigenvalue weighted by atomic mass is 16.5. The van der Waals surface area contributed by atoms with Gasteiger partial charge < -0.3 is 14.8 Å². The minimum Gasteiger partial charge on any atom is -0.474 e. The number of hydrogen-bond acceptors (Lipinski definition) is 5. The van der Waals surface area contributed by atoms with Crippen LogP contribution in [0.25, 0.3) is 0 Å². The smallest absolute Gasteiger partial charge is 0.233 e. The molecule has 0 aromatic carbocycles. The number of nitrogens with zero attached hydrogens (tertiary/aromatic N) is 2. The Morgan fingerprint density at radius 1 is 1.21 bits per heavy atom. The standard InChI is InChI=1S/C14H23N3O2/c1-14(2,3)19-9-8-18-13-7-6-12(16-17-13)10-15-11-4-5-11/h6-7,11,15H,4-5,8-10H2,1-3H3. The van der Waals surface area contributed by atoms with Crippen LogP contribution in [-0.4, -0.2) is 35.1 Å². The zero-order chi connectivity index (χ0) is 13.7. The lowest BCUT2D eigenvalue weighted by Gasteiger charge is -2.19. The molecule has 1 N–H and O–H groups in total. The monoisotopic (exact) mass is 265 g/mol. The summed E-state index contributed by atoms with van der Waals surface area (Å²) in [6, 6.07) is 4.49. The summed E-state index contributed by atoms with van der Waals surface area (Å²) in [5.41, 5.74) is 0.818. The lowest BCUT2D eigenvalue weighted by atomic mass is 10.2. The molecule has 1 aliphatic rings. The molecule has 5 heteroatoms. The van der Waals surface area contributed by atoms with E-state index < -0.39 is 0 Å². The summed E-state index contributed by atoms with van der Waals surface area (Å²) in [4.78, 5) is 0. The summed E-state index contributed by atoms with van der Waals surface area (Å²) in [7, 11) is 0. The van der Waals surface area contributed by atoms with E-state index in [-0.39, 0.29) is 5.60 Å². The van der Waals surface area contributed by atoms with E-state index in [0.717, 1.165) is 12.2 Å². The van der Waals surface area contributed by atoms with E-state index in [0.29, 0.717) is 25.1 Å². The van der Waals surface area contributed by atoms with Crippen LogP contribution in [0.15, 0.2) is 12.1 Å². The zero-order valence-electron chi connectivity index (χ0n) is 12.0. The SMILES string of the molecule is CC(C)(C)OCCOc1ccc(CNC2CC2)nn1. The zero-order valence-corrected chi connectivity index (χ0v) is 12.0. The Hall–Kier alpha value is -1.20. The molecule has 0 atom stereocenters. The Bertz CT molecular complexity index is 383. The normalized spacial score (nSPS) is 15.5. The van der Waals surface area contributed by atoms with Crippen LogP contribution >= 0.6 is 0 Å². The summed E-state index contributed by atoms with van der Waals surface area (Å²) >= 11 is 0. The van der Waals surface area contributed by atoms with Gasteiger partial charge in [-0.1, -0.05) is 0 Å². The Morgan fingerprint density at radius 2 is 2.00 bits per heavy atom. The highest BCUT2D eigenvalue weighted by Gasteiger charge is 2.20. The maximum Gasteiger partial charge on any atom is 0.233 e. The average molecular weight is 265 g/mol. The Labute approximate surface area is 114 Å². The van der Waals surface area contributed by atoms with Gasteiger partial charge in [0.1, 0.15) is 6.61 Å². The van der Waals surface area contributed by atoms with Crippen molar-refractivity contribution in [3.8, 4) is 5.88 Å². The van der Waals surface area contributed by atoms with Gasteiger partial charge in [-0.2, -0.15) is 5.10 Å². The van der Waals surface area contributed by atoms with Gasteiger partial charge >= 0.3 is 0 Å². The topological polar surface area (TPSA) is 56.3 Å². The van der Waals surface area contributed by atoms with Gasteiger partial charge in [0.15, 0.2) is 0 Å². The van der Waals surface area contributed by atoms with Crippen molar-refractivity contribution < 1.29 is 9.47 Å². The maximum absolute atomic E-state index is 5.56. The van der Waals surface area contributed by atoms with Gasteiger partial charge in [-0.05, 0) is 39.7 Å². The summed E-state index contributed by atoms with van der Waals surface area (Å²) in [5.74, 6) is 0.549. The quantitative estimate of drug-likeness (QED) is 0.763. The molecule has 1 fully saturated rings. The number of ether oxygens (including phenoxy) is 2. The molecule has 0 saturated heterocycles. The average Bonchev–Trinajstić information content (AvgIpc) is 3.16. The largest absolute Gasteiger partial charge is 0.474 e. The molecule has 1 aliphatic carbocycles. The molecule has 1 aromatic heterocycles. The second-order valence-electron chi connectivity index (χ2n) is 5.83. The van der Waals surface area contributed by atoms with Crippen LogP contribution < -0.4 is 10.1 Å². The van der Waals surface area contributed by atoms with Crippen LogP contribution in [-0.2, 0) is 11.3 Å². The molecule has 106 valence electrons. The summed E-state index contributed by atoms with van der Waals surface area (Å²) in [5, 5.41) is 11.6. The van der Waals surface area contributed by atoms with Gasteiger partial charge in [0, 0.05) is 18.7 Å². The molecule has 0 spiro atoms. The third-order valence-corrected chi connectivity index (χ3v) is 2.71. The second-order valence-corrected chi connectivity index (χ2v) is 5.83. The van der Waals surface area contributed by atoms with Crippen molar-refractivity contribution in [3.05, 3.63) is 17.8 Å². The van der Waals surface area contributed by atoms with Crippen molar-refractivity contribution in [1.82, 2.24) is 15.5 Å². The molecular formula is C14H23N3O2. The molecule has 5 nitrogen and oxygen atoms in total. The van der Waals surface area contributed by atoms with Crippen molar-refractivity contribution in [1.29, 1.82) is 0 Å². The molecule has 0 amide bonds. The predicted molar refractivity (Wildman–Crippen MR) is 73.1 cm³/mol. The first-order valence-electron chi connectivity index (χ1n) is 6.86. The van der Waals surface area contributed by atoms with Gasteiger partial charge in [-0.25, -0.2) is 0 Å². The van der Waals surface area contributed by atoms with Crippen molar-refractivity contribution >= 4 is 0 Å². The van der Waals surface area contributed by atoms with Crippen LogP contribution in [0.3, 0.4) is 0 Å². The van der Waals surface area contributed by atoms with Crippen LogP contribution in [0.5, 0.6) is 5.88 Å². The lowest BCUT2D eigenvalue weighted by molar-refractivity contribution is -0.0169. The molecule has 2 rings (SSSR count). The van der Waals surface area contributed by atoms with Crippen LogP contribution in [0.1, 0.15) is 39.3 Å². The van der Waals surface area contributed by atoms with E-state index in [2.05, 4.69) is 15.5 Å².